The molecular weight excluding hydrogens is 600 g/mol. The third-order valence-electron chi connectivity index (χ3n) is 6.71. The summed E-state index contributed by atoms with van der Waals surface area (Å²) in [5.74, 6) is 0.103. The van der Waals surface area contributed by atoms with Gasteiger partial charge >= 0.3 is 11.4 Å². The van der Waals surface area contributed by atoms with E-state index >= 15 is 0 Å². The molecule has 0 spiro atoms. The highest BCUT2D eigenvalue weighted by atomic mass is 32.2. The standard InChI is InChI=1S/C19H25N3O2.C16H19N3O2S/c1-12(2)10-15-11-16(22-18(24)21-15)17(23)20-14-8-6-13(7-9-14)19(3,4)5;1-16(2,3)11-4-6-12(7-5-11)18-13(20)10-22-14-8-9-17-15(21)19-14/h6-9,11-12H,10H2,1-5H3,(H,20,23)(H,21,22,24);4-9H,10H2,1-3H3,(H,18,20)(H,17,19,21). The monoisotopic (exact) mass is 644 g/mol. The van der Waals surface area contributed by atoms with Gasteiger partial charge in [-0.1, -0.05) is 91.4 Å². The van der Waals surface area contributed by atoms with Crippen molar-refractivity contribution in [3.05, 3.63) is 110 Å². The van der Waals surface area contributed by atoms with Crippen molar-refractivity contribution in [3.63, 3.8) is 0 Å². The van der Waals surface area contributed by atoms with Crippen LogP contribution in [0.4, 0.5) is 11.4 Å². The highest BCUT2D eigenvalue weighted by molar-refractivity contribution is 7.99. The van der Waals surface area contributed by atoms with Gasteiger partial charge in [0.15, 0.2) is 0 Å². The van der Waals surface area contributed by atoms with E-state index in [2.05, 4.69) is 86.0 Å². The Labute approximate surface area is 274 Å². The number of anilines is 2. The molecule has 0 unspecified atom stereocenters. The molecule has 0 bridgehead atoms. The number of carbonyl (C=O) groups is 2. The first-order valence-corrected chi connectivity index (χ1v) is 16.1. The average molecular weight is 645 g/mol. The molecular formula is C35H44N6O4S. The third kappa shape index (κ3) is 11.8. The fourth-order valence-corrected chi connectivity index (χ4v) is 4.93. The van der Waals surface area contributed by atoms with E-state index in [1.54, 1.807) is 12.1 Å². The molecule has 2 amide bonds. The Morgan fingerprint density at radius 1 is 0.783 bits per heavy atom. The van der Waals surface area contributed by atoms with Crippen molar-refractivity contribution in [1.29, 1.82) is 0 Å². The molecule has 10 nitrogen and oxygen atoms in total. The Hall–Kier alpha value is -4.51. The zero-order valence-electron chi connectivity index (χ0n) is 27.8. The Bertz CT molecular complexity index is 1730. The van der Waals surface area contributed by atoms with Crippen LogP contribution in [-0.4, -0.2) is 37.5 Å². The Balaban J connectivity index is 0.000000251. The van der Waals surface area contributed by atoms with Crippen LogP contribution in [0.15, 0.2) is 81.5 Å². The maximum atomic E-state index is 12.4. The molecule has 0 aliphatic carbocycles. The first-order chi connectivity index (χ1) is 21.5. The van der Waals surface area contributed by atoms with Crippen LogP contribution in [0.1, 0.15) is 82.7 Å². The van der Waals surface area contributed by atoms with Gasteiger partial charge in [-0.25, -0.2) is 14.6 Å². The summed E-state index contributed by atoms with van der Waals surface area (Å²) >= 11 is 1.26. The van der Waals surface area contributed by atoms with E-state index in [1.165, 1.54) is 29.1 Å². The van der Waals surface area contributed by atoms with Crippen molar-refractivity contribution in [2.75, 3.05) is 16.4 Å². The molecule has 2 aromatic heterocycles. The van der Waals surface area contributed by atoms with E-state index in [1.807, 2.05) is 48.5 Å². The second-order valence-electron chi connectivity index (χ2n) is 13.4. The molecule has 11 heteroatoms. The molecule has 0 aliphatic rings. The molecule has 244 valence electrons. The van der Waals surface area contributed by atoms with Gasteiger partial charge in [0.05, 0.1) is 10.8 Å². The molecule has 4 aromatic rings. The minimum absolute atomic E-state index is 0.0581. The lowest BCUT2D eigenvalue weighted by Gasteiger charge is -2.19. The Morgan fingerprint density at radius 3 is 1.83 bits per heavy atom. The Kier molecular flexibility index (Phi) is 12.2. The van der Waals surface area contributed by atoms with E-state index in [4.69, 9.17) is 0 Å². The van der Waals surface area contributed by atoms with E-state index in [-0.39, 0.29) is 34.1 Å². The van der Waals surface area contributed by atoms with Crippen LogP contribution < -0.4 is 22.0 Å². The van der Waals surface area contributed by atoms with Gasteiger partial charge in [0.25, 0.3) is 5.91 Å². The zero-order valence-corrected chi connectivity index (χ0v) is 28.6. The van der Waals surface area contributed by atoms with Crippen LogP contribution in [0.3, 0.4) is 0 Å². The number of thioether (sulfide) groups is 1. The molecule has 0 saturated carbocycles. The number of H-pyrrole nitrogens is 2. The number of benzene rings is 2. The van der Waals surface area contributed by atoms with Gasteiger partial charge in [-0.15, -0.1) is 0 Å². The van der Waals surface area contributed by atoms with E-state index in [9.17, 15) is 19.2 Å². The van der Waals surface area contributed by atoms with Crippen LogP contribution in [0, 0.1) is 5.92 Å². The highest BCUT2D eigenvalue weighted by Crippen LogP contribution is 2.25. The second-order valence-corrected chi connectivity index (χ2v) is 14.4. The minimum atomic E-state index is -0.499. The predicted molar refractivity (Wildman–Crippen MR) is 186 cm³/mol. The molecule has 0 saturated heterocycles. The lowest BCUT2D eigenvalue weighted by molar-refractivity contribution is -0.113. The van der Waals surface area contributed by atoms with Crippen molar-refractivity contribution in [1.82, 2.24) is 19.9 Å². The quantitative estimate of drug-likeness (QED) is 0.130. The van der Waals surface area contributed by atoms with Crippen LogP contribution in [0.5, 0.6) is 0 Å². The number of aromatic amines is 2. The molecule has 46 heavy (non-hydrogen) atoms. The Morgan fingerprint density at radius 2 is 1.33 bits per heavy atom. The lowest BCUT2D eigenvalue weighted by Crippen LogP contribution is -2.22. The smallest absolute Gasteiger partial charge is 0.325 e. The van der Waals surface area contributed by atoms with Gasteiger partial charge < -0.3 is 20.6 Å². The van der Waals surface area contributed by atoms with Crippen molar-refractivity contribution in [2.45, 2.75) is 77.7 Å². The molecule has 0 aliphatic heterocycles. The van der Waals surface area contributed by atoms with Crippen LogP contribution in [0.25, 0.3) is 0 Å². The summed E-state index contributed by atoms with van der Waals surface area (Å²) in [5, 5.41) is 6.25. The molecule has 2 aromatic carbocycles. The van der Waals surface area contributed by atoms with Crippen LogP contribution in [0.2, 0.25) is 0 Å². The predicted octanol–water partition coefficient (Wildman–Crippen LogP) is 6.32. The third-order valence-corrected chi connectivity index (χ3v) is 7.67. The van der Waals surface area contributed by atoms with Gasteiger partial charge in [-0.2, -0.15) is 4.98 Å². The SMILES string of the molecule is CC(C)(C)c1ccc(NC(=O)CSc2ccnc(=O)[nH]2)cc1.CC(C)Cc1cc(C(=O)Nc2ccc(C(C)(C)C)cc2)nc(=O)[nH]1. The van der Waals surface area contributed by atoms with E-state index < -0.39 is 11.4 Å². The molecule has 4 rings (SSSR count). The zero-order chi connectivity index (χ0) is 34.1. The first kappa shape index (κ1) is 36.0. The van der Waals surface area contributed by atoms with Crippen molar-refractivity contribution in [3.8, 4) is 0 Å². The molecule has 2 heterocycles. The molecule has 4 N–H and O–H groups in total. The van der Waals surface area contributed by atoms with Gasteiger partial charge in [0.2, 0.25) is 5.91 Å². The summed E-state index contributed by atoms with van der Waals surface area (Å²) in [6, 6.07) is 18.8. The van der Waals surface area contributed by atoms with Crippen molar-refractivity contribution < 1.29 is 9.59 Å². The summed E-state index contributed by atoms with van der Waals surface area (Å²) < 4.78 is 0. The number of carbonyl (C=O) groups excluding carboxylic acids is 2. The summed E-state index contributed by atoms with van der Waals surface area (Å²) in [4.78, 5) is 59.5. The fourth-order valence-electron chi connectivity index (χ4n) is 4.25. The maximum absolute atomic E-state index is 12.4. The highest BCUT2D eigenvalue weighted by Gasteiger charge is 2.15. The number of rotatable bonds is 8. The number of hydrogen-bond donors (Lipinski definition) is 4. The van der Waals surface area contributed by atoms with Gasteiger partial charge in [-0.05, 0) is 70.7 Å². The minimum Gasteiger partial charge on any atom is -0.325 e. The number of amides is 2. The largest absolute Gasteiger partial charge is 0.345 e. The summed E-state index contributed by atoms with van der Waals surface area (Å²) in [5.41, 5.74) is 3.94. The van der Waals surface area contributed by atoms with Crippen LogP contribution in [-0.2, 0) is 22.0 Å². The molecule has 0 radical (unpaired) electrons. The lowest BCUT2D eigenvalue weighted by atomic mass is 9.87. The summed E-state index contributed by atoms with van der Waals surface area (Å²) in [7, 11) is 0. The van der Waals surface area contributed by atoms with E-state index in [0.29, 0.717) is 23.1 Å². The summed E-state index contributed by atoms with van der Waals surface area (Å²) in [6.07, 6.45) is 2.11. The molecule has 0 atom stereocenters. The van der Waals surface area contributed by atoms with Crippen molar-refractivity contribution in [2.24, 2.45) is 5.92 Å². The topological polar surface area (TPSA) is 150 Å². The normalized spacial score (nSPS) is 11.4. The maximum Gasteiger partial charge on any atom is 0.345 e. The van der Waals surface area contributed by atoms with Gasteiger partial charge in [-0.3, -0.25) is 9.59 Å². The number of aromatic nitrogens is 4. The second kappa shape index (κ2) is 15.7. The fraction of sp³-hybridized carbons (Fsp3) is 0.371. The summed E-state index contributed by atoms with van der Waals surface area (Å²) in [6.45, 7) is 16.9. The number of nitrogens with one attached hydrogen (secondary N) is 4. The average Bonchev–Trinajstić information content (AvgIpc) is 2.95. The van der Waals surface area contributed by atoms with Crippen molar-refractivity contribution >= 4 is 35.0 Å². The molecule has 0 fully saturated rings. The first-order valence-electron chi connectivity index (χ1n) is 15.1. The number of hydrogen-bond acceptors (Lipinski definition) is 7. The van der Waals surface area contributed by atoms with Gasteiger partial charge in [0.1, 0.15) is 5.69 Å². The van der Waals surface area contributed by atoms with Gasteiger partial charge in [0, 0.05) is 23.3 Å². The van der Waals surface area contributed by atoms with Crippen LogP contribution >= 0.6 is 11.8 Å². The number of nitrogens with zero attached hydrogens (tertiary/aromatic N) is 2. The van der Waals surface area contributed by atoms with E-state index in [0.717, 1.165) is 11.4 Å².